The van der Waals surface area contributed by atoms with Crippen LogP contribution in [0.5, 0.6) is 0 Å². The van der Waals surface area contributed by atoms with E-state index < -0.39 is 0 Å². The van der Waals surface area contributed by atoms with Crippen LogP contribution in [0, 0.1) is 5.41 Å². The van der Waals surface area contributed by atoms with Gasteiger partial charge in [-0.2, -0.15) is 0 Å². The number of ether oxygens (including phenoxy) is 1. The zero-order valence-corrected chi connectivity index (χ0v) is 12.1. The number of nitrogens with one attached hydrogen (secondary N) is 1. The quantitative estimate of drug-likeness (QED) is 0.690. The molecule has 0 aromatic heterocycles. The first-order chi connectivity index (χ1) is 7.38. The molecule has 0 saturated heterocycles. The minimum atomic E-state index is 0.271. The highest BCUT2D eigenvalue weighted by atomic mass is 16.5. The number of likely N-dealkylation sites (N-methyl/N-ethyl adjacent to an activating group) is 1. The molecule has 0 aliphatic carbocycles. The van der Waals surface area contributed by atoms with Crippen LogP contribution in [-0.4, -0.2) is 50.8 Å². The molecule has 2 atom stereocenters. The maximum atomic E-state index is 5.23. The Bertz CT molecular complexity index is 183. The number of nitrogens with zero attached hydrogens (tertiary/aromatic N) is 1. The molecule has 0 aromatic carbocycles. The molecule has 0 amide bonds. The van der Waals surface area contributed by atoms with Crippen molar-refractivity contribution in [3.63, 3.8) is 0 Å². The third-order valence-corrected chi connectivity index (χ3v) is 3.65. The predicted octanol–water partition coefficient (Wildman–Crippen LogP) is 1.98. The van der Waals surface area contributed by atoms with Crippen LogP contribution >= 0.6 is 0 Å². The van der Waals surface area contributed by atoms with Crippen molar-refractivity contribution in [3.8, 4) is 0 Å². The van der Waals surface area contributed by atoms with Gasteiger partial charge in [-0.25, -0.2) is 0 Å². The van der Waals surface area contributed by atoms with Crippen LogP contribution in [0.25, 0.3) is 0 Å². The molecular weight excluding hydrogens is 200 g/mol. The summed E-state index contributed by atoms with van der Waals surface area (Å²) in [7, 11) is 3.80. The van der Waals surface area contributed by atoms with Crippen molar-refractivity contribution in [3.05, 3.63) is 0 Å². The van der Waals surface area contributed by atoms with E-state index in [-0.39, 0.29) is 5.41 Å². The van der Waals surface area contributed by atoms with Gasteiger partial charge < -0.3 is 10.1 Å². The number of hydrogen-bond acceptors (Lipinski definition) is 3. The molecule has 0 aliphatic heterocycles. The van der Waals surface area contributed by atoms with Crippen LogP contribution in [0.4, 0.5) is 0 Å². The van der Waals surface area contributed by atoms with Crippen molar-refractivity contribution >= 4 is 0 Å². The van der Waals surface area contributed by atoms with Crippen molar-refractivity contribution in [2.75, 3.05) is 33.9 Å². The second-order valence-corrected chi connectivity index (χ2v) is 5.37. The number of methoxy groups -OCH3 is 1. The van der Waals surface area contributed by atoms with Crippen molar-refractivity contribution in [2.45, 2.75) is 46.7 Å². The molecule has 3 nitrogen and oxygen atoms in total. The van der Waals surface area contributed by atoms with Crippen molar-refractivity contribution in [1.29, 1.82) is 0 Å². The molecule has 1 N–H and O–H groups in total. The van der Waals surface area contributed by atoms with E-state index in [0.717, 1.165) is 19.7 Å². The largest absolute Gasteiger partial charge is 0.383 e. The molecule has 0 aromatic rings. The van der Waals surface area contributed by atoms with Crippen molar-refractivity contribution in [1.82, 2.24) is 10.2 Å². The molecule has 0 aliphatic rings. The molecule has 0 saturated carbocycles. The molecule has 0 spiro atoms. The third kappa shape index (κ3) is 4.81. The lowest BCUT2D eigenvalue weighted by Gasteiger charge is -2.39. The summed E-state index contributed by atoms with van der Waals surface area (Å²) < 4.78 is 5.23. The highest BCUT2D eigenvalue weighted by molar-refractivity contribution is 4.84. The average molecular weight is 230 g/mol. The lowest BCUT2D eigenvalue weighted by atomic mass is 9.84. The molecule has 2 unspecified atom stereocenters. The van der Waals surface area contributed by atoms with E-state index >= 15 is 0 Å². The first-order valence-electron chi connectivity index (χ1n) is 6.29. The van der Waals surface area contributed by atoms with Gasteiger partial charge in [0.1, 0.15) is 0 Å². The first kappa shape index (κ1) is 15.9. The summed E-state index contributed by atoms with van der Waals surface area (Å²) in [6, 6.07) is 0.995. The Morgan fingerprint density at radius 1 is 1.31 bits per heavy atom. The molecular formula is C13H30N2O. The van der Waals surface area contributed by atoms with Crippen LogP contribution in [0.15, 0.2) is 0 Å². The van der Waals surface area contributed by atoms with Gasteiger partial charge in [0.15, 0.2) is 0 Å². The van der Waals surface area contributed by atoms with Gasteiger partial charge in [-0.05, 0) is 32.9 Å². The van der Waals surface area contributed by atoms with E-state index in [1.807, 2.05) is 7.05 Å². The van der Waals surface area contributed by atoms with Gasteiger partial charge in [0, 0.05) is 25.7 Å². The van der Waals surface area contributed by atoms with Gasteiger partial charge in [0.05, 0.1) is 6.61 Å². The minimum Gasteiger partial charge on any atom is -0.383 e. The summed E-state index contributed by atoms with van der Waals surface area (Å²) in [5.74, 6) is 0. The van der Waals surface area contributed by atoms with Gasteiger partial charge in [-0.3, -0.25) is 4.90 Å². The summed E-state index contributed by atoms with van der Waals surface area (Å²) in [5.41, 5.74) is 0.271. The Morgan fingerprint density at radius 2 is 1.88 bits per heavy atom. The van der Waals surface area contributed by atoms with E-state index in [0.29, 0.717) is 12.1 Å². The van der Waals surface area contributed by atoms with Gasteiger partial charge >= 0.3 is 0 Å². The summed E-state index contributed by atoms with van der Waals surface area (Å²) in [5, 5.41) is 3.35. The smallest absolute Gasteiger partial charge is 0.0615 e. The van der Waals surface area contributed by atoms with Crippen LogP contribution in [0.1, 0.15) is 34.6 Å². The third-order valence-electron chi connectivity index (χ3n) is 3.65. The fraction of sp³-hybridized carbons (Fsp3) is 1.00. The maximum absolute atomic E-state index is 5.23. The number of hydrogen-bond donors (Lipinski definition) is 1. The normalized spacial score (nSPS) is 16.5. The van der Waals surface area contributed by atoms with Crippen LogP contribution in [-0.2, 0) is 4.74 Å². The van der Waals surface area contributed by atoms with Crippen LogP contribution in [0.2, 0.25) is 0 Å². The fourth-order valence-electron chi connectivity index (χ4n) is 1.98. The minimum absolute atomic E-state index is 0.271. The standard InChI is InChI=1S/C13H30N2O/c1-8-15(11(2)9-16-7)10-13(4,5)12(3)14-6/h11-12,14H,8-10H2,1-7H3. The van der Waals surface area contributed by atoms with Gasteiger partial charge in [-0.15, -0.1) is 0 Å². The molecule has 0 radical (unpaired) electrons. The second-order valence-electron chi connectivity index (χ2n) is 5.37. The molecule has 16 heavy (non-hydrogen) atoms. The topological polar surface area (TPSA) is 24.5 Å². The molecule has 0 fully saturated rings. The summed E-state index contributed by atoms with van der Waals surface area (Å²) >= 11 is 0. The van der Waals surface area contributed by atoms with Crippen LogP contribution in [0.3, 0.4) is 0 Å². The van der Waals surface area contributed by atoms with E-state index in [1.54, 1.807) is 7.11 Å². The van der Waals surface area contributed by atoms with E-state index in [9.17, 15) is 0 Å². The highest BCUT2D eigenvalue weighted by Crippen LogP contribution is 2.22. The van der Waals surface area contributed by atoms with E-state index in [2.05, 4.69) is 44.8 Å². The highest BCUT2D eigenvalue weighted by Gasteiger charge is 2.28. The average Bonchev–Trinajstić information content (AvgIpc) is 2.24. The maximum Gasteiger partial charge on any atom is 0.0615 e. The van der Waals surface area contributed by atoms with Gasteiger partial charge in [0.2, 0.25) is 0 Å². The lowest BCUT2D eigenvalue weighted by molar-refractivity contribution is 0.0663. The van der Waals surface area contributed by atoms with Gasteiger partial charge in [-0.1, -0.05) is 20.8 Å². The van der Waals surface area contributed by atoms with E-state index in [1.165, 1.54) is 0 Å². The molecule has 0 rings (SSSR count). The monoisotopic (exact) mass is 230 g/mol. The lowest BCUT2D eigenvalue weighted by Crippen LogP contribution is -2.48. The molecule has 0 heterocycles. The SMILES string of the molecule is CCN(CC(C)(C)C(C)NC)C(C)COC. The zero-order chi connectivity index (χ0) is 12.8. The van der Waals surface area contributed by atoms with E-state index in [4.69, 9.17) is 4.74 Å². The Labute approximate surface area is 102 Å². The van der Waals surface area contributed by atoms with Crippen LogP contribution < -0.4 is 5.32 Å². The fourth-order valence-corrected chi connectivity index (χ4v) is 1.98. The first-order valence-corrected chi connectivity index (χ1v) is 6.29. The molecule has 3 heteroatoms. The van der Waals surface area contributed by atoms with Crippen molar-refractivity contribution < 1.29 is 4.74 Å². The van der Waals surface area contributed by atoms with Crippen molar-refractivity contribution in [2.24, 2.45) is 5.41 Å². The van der Waals surface area contributed by atoms with Gasteiger partial charge in [0.25, 0.3) is 0 Å². The Morgan fingerprint density at radius 3 is 2.25 bits per heavy atom. The molecule has 98 valence electrons. The Kier molecular flexibility index (Phi) is 7.20. The predicted molar refractivity (Wildman–Crippen MR) is 70.9 cm³/mol. The zero-order valence-electron chi connectivity index (χ0n) is 12.1. The summed E-state index contributed by atoms with van der Waals surface area (Å²) in [4.78, 5) is 2.48. The Hall–Kier alpha value is -0.120. The second kappa shape index (κ2) is 7.25. The summed E-state index contributed by atoms with van der Waals surface area (Å²) in [6.45, 7) is 14.3. The number of rotatable bonds is 8. The molecule has 0 bridgehead atoms. The Balaban J connectivity index is 4.40. The summed E-state index contributed by atoms with van der Waals surface area (Å²) in [6.07, 6.45) is 0.